The number of thiophene rings is 1. The summed E-state index contributed by atoms with van der Waals surface area (Å²) in [6, 6.07) is 17.3. The van der Waals surface area contributed by atoms with Gasteiger partial charge >= 0.3 is 0 Å². The highest BCUT2D eigenvalue weighted by Crippen LogP contribution is 2.35. The summed E-state index contributed by atoms with van der Waals surface area (Å²) in [5, 5.41) is 5.33. The molecule has 0 unspecified atom stereocenters. The molecule has 0 aliphatic carbocycles. The molecule has 0 N–H and O–H groups in total. The molecule has 1 fully saturated rings. The van der Waals surface area contributed by atoms with Crippen LogP contribution in [0.4, 0.5) is 10.1 Å². The van der Waals surface area contributed by atoms with Crippen LogP contribution in [0.3, 0.4) is 0 Å². The molecule has 0 radical (unpaired) electrons. The Bertz CT molecular complexity index is 1290. The fourth-order valence-electron chi connectivity index (χ4n) is 4.42. The fraction of sp³-hybridized carbons (Fsp3) is 0.280. The number of aromatic nitrogens is 2. The minimum atomic E-state index is -0.312. The molecule has 1 aliphatic rings. The van der Waals surface area contributed by atoms with Crippen molar-refractivity contribution in [3.8, 4) is 11.3 Å². The molecule has 2 aromatic heterocycles. The van der Waals surface area contributed by atoms with Gasteiger partial charge in [-0.2, -0.15) is 5.10 Å². The van der Waals surface area contributed by atoms with Crippen molar-refractivity contribution in [2.24, 2.45) is 7.05 Å². The van der Waals surface area contributed by atoms with Gasteiger partial charge in [-0.1, -0.05) is 29.8 Å². The second kappa shape index (κ2) is 8.06. The van der Waals surface area contributed by atoms with Gasteiger partial charge < -0.3 is 9.80 Å². The van der Waals surface area contributed by atoms with E-state index in [2.05, 4.69) is 48.1 Å². The average Bonchev–Trinajstić information content (AvgIpc) is 3.35. The standard InChI is InChI=1S/C25H25FN4OS/c1-16-8-10-18(11-9-16)30-13-12-29(15-17(30)2)24(31)22-14-20-23(27-28(3)25(20)32-22)19-6-4-5-7-21(19)26/h4-11,14,17H,12-13,15H2,1-3H3/t17-/m0/s1. The molecule has 32 heavy (non-hydrogen) atoms. The molecule has 7 heteroatoms. The smallest absolute Gasteiger partial charge is 0.264 e. The Morgan fingerprint density at radius 2 is 1.88 bits per heavy atom. The van der Waals surface area contributed by atoms with Crippen molar-refractivity contribution in [2.45, 2.75) is 19.9 Å². The third-order valence-electron chi connectivity index (χ3n) is 6.13. The molecule has 164 valence electrons. The summed E-state index contributed by atoms with van der Waals surface area (Å²) in [6.07, 6.45) is 0. The van der Waals surface area contributed by atoms with Gasteiger partial charge in [0.05, 0.1) is 4.88 Å². The Labute approximate surface area is 190 Å². The lowest BCUT2D eigenvalue weighted by Gasteiger charge is -2.41. The number of hydrogen-bond acceptors (Lipinski definition) is 4. The van der Waals surface area contributed by atoms with E-state index >= 15 is 0 Å². The Balaban J connectivity index is 1.39. The number of nitrogens with zero attached hydrogens (tertiary/aromatic N) is 4. The van der Waals surface area contributed by atoms with Crippen molar-refractivity contribution in [3.05, 3.63) is 70.9 Å². The molecule has 3 heterocycles. The van der Waals surface area contributed by atoms with Crippen LogP contribution in [0.2, 0.25) is 0 Å². The number of rotatable bonds is 3. The van der Waals surface area contributed by atoms with Crippen molar-refractivity contribution in [2.75, 3.05) is 24.5 Å². The molecule has 5 rings (SSSR count). The molecule has 2 aromatic carbocycles. The van der Waals surface area contributed by atoms with E-state index in [-0.39, 0.29) is 17.8 Å². The molecule has 1 aliphatic heterocycles. The quantitative estimate of drug-likeness (QED) is 0.438. The van der Waals surface area contributed by atoms with Gasteiger partial charge in [0.15, 0.2) is 0 Å². The van der Waals surface area contributed by atoms with Crippen LogP contribution in [0.25, 0.3) is 21.5 Å². The number of piperazine rings is 1. The second-order valence-electron chi connectivity index (χ2n) is 8.41. The van der Waals surface area contributed by atoms with Crippen molar-refractivity contribution in [3.63, 3.8) is 0 Å². The SMILES string of the molecule is Cc1ccc(N2CCN(C(=O)c3cc4c(-c5ccccc5F)nn(C)c4s3)C[C@@H]2C)cc1. The van der Waals surface area contributed by atoms with Gasteiger partial charge in [-0.05, 0) is 44.2 Å². The van der Waals surface area contributed by atoms with E-state index in [1.54, 1.807) is 22.9 Å². The van der Waals surface area contributed by atoms with Crippen molar-refractivity contribution >= 4 is 33.1 Å². The Kier molecular flexibility index (Phi) is 5.21. The highest BCUT2D eigenvalue weighted by atomic mass is 32.1. The third-order valence-corrected chi connectivity index (χ3v) is 7.32. The maximum Gasteiger partial charge on any atom is 0.264 e. The molecular weight excluding hydrogens is 423 g/mol. The van der Waals surface area contributed by atoms with Crippen LogP contribution < -0.4 is 4.90 Å². The van der Waals surface area contributed by atoms with Gasteiger partial charge in [0, 0.05) is 49.4 Å². The van der Waals surface area contributed by atoms with Crippen LogP contribution in [-0.2, 0) is 7.05 Å². The molecule has 0 bridgehead atoms. The molecule has 0 saturated carbocycles. The number of amides is 1. The van der Waals surface area contributed by atoms with Crippen LogP contribution in [-0.4, -0.2) is 46.3 Å². The predicted octanol–water partition coefficient (Wildman–Crippen LogP) is 5.10. The van der Waals surface area contributed by atoms with E-state index in [0.717, 1.165) is 16.8 Å². The number of aryl methyl sites for hydroxylation is 2. The Morgan fingerprint density at radius 1 is 1.12 bits per heavy atom. The zero-order chi connectivity index (χ0) is 22.4. The number of halogens is 1. The topological polar surface area (TPSA) is 41.4 Å². The number of benzene rings is 2. The van der Waals surface area contributed by atoms with Gasteiger partial charge in [-0.25, -0.2) is 4.39 Å². The fourth-order valence-corrected chi connectivity index (χ4v) is 5.46. The lowest BCUT2D eigenvalue weighted by Crippen LogP contribution is -2.53. The van der Waals surface area contributed by atoms with Crippen LogP contribution in [0.5, 0.6) is 0 Å². The van der Waals surface area contributed by atoms with E-state index in [4.69, 9.17) is 0 Å². The number of hydrogen-bond donors (Lipinski definition) is 0. The maximum atomic E-state index is 14.4. The first kappa shape index (κ1) is 20.7. The number of anilines is 1. The first-order chi connectivity index (χ1) is 15.4. The molecule has 1 amide bonds. The molecule has 1 saturated heterocycles. The highest BCUT2D eigenvalue weighted by Gasteiger charge is 2.29. The van der Waals surface area contributed by atoms with E-state index in [1.165, 1.54) is 28.7 Å². The van der Waals surface area contributed by atoms with E-state index < -0.39 is 0 Å². The van der Waals surface area contributed by atoms with Crippen LogP contribution in [0.1, 0.15) is 22.2 Å². The normalized spacial score (nSPS) is 16.7. The summed E-state index contributed by atoms with van der Waals surface area (Å²) in [4.78, 5) is 19.2. The lowest BCUT2D eigenvalue weighted by atomic mass is 10.1. The zero-order valence-electron chi connectivity index (χ0n) is 18.4. The van der Waals surface area contributed by atoms with Gasteiger partial charge in [-0.3, -0.25) is 9.48 Å². The minimum Gasteiger partial charge on any atom is -0.365 e. The summed E-state index contributed by atoms with van der Waals surface area (Å²) in [5.41, 5.74) is 3.46. The Hall–Kier alpha value is -3.19. The third kappa shape index (κ3) is 3.56. The molecular formula is C25H25FN4OS. The summed E-state index contributed by atoms with van der Waals surface area (Å²) in [5.74, 6) is -0.284. The van der Waals surface area contributed by atoms with Crippen molar-refractivity contribution in [1.82, 2.24) is 14.7 Å². The van der Waals surface area contributed by atoms with E-state index in [0.29, 0.717) is 29.2 Å². The van der Waals surface area contributed by atoms with Crippen LogP contribution in [0.15, 0.2) is 54.6 Å². The maximum absolute atomic E-state index is 14.4. The number of carbonyl (C=O) groups is 1. The van der Waals surface area contributed by atoms with Gasteiger partial charge in [-0.15, -0.1) is 11.3 Å². The van der Waals surface area contributed by atoms with Crippen molar-refractivity contribution in [1.29, 1.82) is 0 Å². The summed E-state index contributed by atoms with van der Waals surface area (Å²) in [7, 11) is 1.83. The predicted molar refractivity (Wildman–Crippen MR) is 128 cm³/mol. The van der Waals surface area contributed by atoms with E-state index in [1.807, 2.05) is 18.0 Å². The Morgan fingerprint density at radius 3 is 2.59 bits per heavy atom. The largest absolute Gasteiger partial charge is 0.365 e. The van der Waals surface area contributed by atoms with Crippen LogP contribution in [0, 0.1) is 12.7 Å². The monoisotopic (exact) mass is 448 g/mol. The molecule has 0 spiro atoms. The molecule has 5 nitrogen and oxygen atoms in total. The highest BCUT2D eigenvalue weighted by molar-refractivity contribution is 7.20. The first-order valence-electron chi connectivity index (χ1n) is 10.8. The zero-order valence-corrected chi connectivity index (χ0v) is 19.2. The van der Waals surface area contributed by atoms with Crippen molar-refractivity contribution < 1.29 is 9.18 Å². The minimum absolute atomic E-state index is 0.0288. The van der Waals surface area contributed by atoms with Crippen LogP contribution >= 0.6 is 11.3 Å². The number of fused-ring (bicyclic) bond motifs is 1. The summed E-state index contributed by atoms with van der Waals surface area (Å²) >= 11 is 1.42. The number of carbonyl (C=O) groups excluding carboxylic acids is 1. The van der Waals surface area contributed by atoms with Gasteiger partial charge in [0.25, 0.3) is 5.91 Å². The van der Waals surface area contributed by atoms with Gasteiger partial charge in [0.2, 0.25) is 0 Å². The molecule has 4 aromatic rings. The lowest BCUT2D eigenvalue weighted by molar-refractivity contribution is 0.0731. The summed E-state index contributed by atoms with van der Waals surface area (Å²) in [6.45, 7) is 6.37. The molecule has 1 atom stereocenters. The first-order valence-corrected chi connectivity index (χ1v) is 11.6. The average molecular weight is 449 g/mol. The van der Waals surface area contributed by atoms with Gasteiger partial charge in [0.1, 0.15) is 16.3 Å². The second-order valence-corrected chi connectivity index (χ2v) is 9.44. The van der Waals surface area contributed by atoms with E-state index in [9.17, 15) is 9.18 Å². The summed E-state index contributed by atoms with van der Waals surface area (Å²) < 4.78 is 16.1.